The Labute approximate surface area is 110 Å². The smallest absolute Gasteiger partial charge is 0.194 e. The molecule has 0 spiro atoms. The zero-order chi connectivity index (χ0) is 13.1. The van der Waals surface area contributed by atoms with Crippen molar-refractivity contribution in [2.24, 2.45) is 4.99 Å². The van der Waals surface area contributed by atoms with Gasteiger partial charge in [-0.1, -0.05) is 24.3 Å². The Morgan fingerprint density at radius 3 is 2.11 bits per heavy atom. The number of guanidine groups is 1. The highest BCUT2D eigenvalue weighted by Gasteiger charge is 2.21. The van der Waals surface area contributed by atoms with E-state index in [1.54, 1.807) is 0 Å². The molecule has 2 rings (SSSR count). The Hall–Kier alpha value is -1.51. The largest absolute Gasteiger partial charge is 0.354 e. The quantitative estimate of drug-likeness (QED) is 0.641. The molecule has 1 N–H and O–H groups in total. The van der Waals surface area contributed by atoms with Crippen LogP contribution >= 0.6 is 0 Å². The number of benzene rings is 1. The molecular weight excluding hydrogens is 222 g/mol. The van der Waals surface area contributed by atoms with E-state index in [0.29, 0.717) is 12.1 Å². The van der Waals surface area contributed by atoms with Gasteiger partial charge in [-0.2, -0.15) is 0 Å². The van der Waals surface area contributed by atoms with Gasteiger partial charge < -0.3 is 10.2 Å². The molecule has 1 aliphatic heterocycles. The second-order valence-electron chi connectivity index (χ2n) is 5.47. The molecular formula is C15H23N3. The molecule has 3 nitrogen and oxygen atoms in total. The van der Waals surface area contributed by atoms with E-state index in [9.17, 15) is 0 Å². The molecule has 0 aromatic heterocycles. The molecule has 0 amide bonds. The van der Waals surface area contributed by atoms with Crippen LogP contribution in [0.1, 0.15) is 38.8 Å². The van der Waals surface area contributed by atoms with Crippen LogP contribution in [-0.4, -0.2) is 22.9 Å². The highest BCUT2D eigenvalue weighted by atomic mass is 15.3. The van der Waals surface area contributed by atoms with Gasteiger partial charge in [0.25, 0.3) is 0 Å². The lowest BCUT2D eigenvalue weighted by molar-refractivity contribution is 0.417. The number of hydrogen-bond acceptors (Lipinski definition) is 1. The minimum absolute atomic E-state index is 0.315. The van der Waals surface area contributed by atoms with Gasteiger partial charge >= 0.3 is 0 Å². The van der Waals surface area contributed by atoms with Gasteiger partial charge in [0.1, 0.15) is 0 Å². The maximum atomic E-state index is 4.71. The molecule has 0 fully saturated rings. The number of rotatable bonds is 2. The molecule has 0 radical (unpaired) electrons. The number of fused-ring (bicyclic) bond motifs is 1. The number of nitrogens with one attached hydrogen (secondary N) is 1. The molecule has 1 aromatic carbocycles. The van der Waals surface area contributed by atoms with Crippen molar-refractivity contribution in [3.63, 3.8) is 0 Å². The minimum Gasteiger partial charge on any atom is -0.354 e. The van der Waals surface area contributed by atoms with E-state index < -0.39 is 0 Å². The molecule has 0 saturated carbocycles. The Morgan fingerprint density at radius 1 is 1.11 bits per heavy atom. The van der Waals surface area contributed by atoms with E-state index in [2.05, 4.69) is 62.2 Å². The van der Waals surface area contributed by atoms with Crippen LogP contribution in [0.5, 0.6) is 0 Å². The Morgan fingerprint density at radius 2 is 1.67 bits per heavy atom. The summed E-state index contributed by atoms with van der Waals surface area (Å²) in [5, 5.41) is 3.46. The lowest BCUT2D eigenvalue weighted by Crippen LogP contribution is -2.42. The Kier molecular flexibility index (Phi) is 3.90. The van der Waals surface area contributed by atoms with Crippen LogP contribution in [0.3, 0.4) is 0 Å². The van der Waals surface area contributed by atoms with Crippen LogP contribution in [0, 0.1) is 0 Å². The highest BCUT2D eigenvalue weighted by Crippen LogP contribution is 2.22. The fraction of sp³-hybridized carbons (Fsp3) is 0.533. The molecule has 0 saturated heterocycles. The second kappa shape index (κ2) is 5.42. The first-order valence-electron chi connectivity index (χ1n) is 6.72. The number of nitrogens with zero attached hydrogens (tertiary/aromatic N) is 2. The van der Waals surface area contributed by atoms with Crippen molar-refractivity contribution in [2.45, 2.75) is 52.9 Å². The van der Waals surface area contributed by atoms with Crippen molar-refractivity contribution in [2.75, 3.05) is 0 Å². The van der Waals surface area contributed by atoms with Gasteiger partial charge in [0.15, 0.2) is 5.96 Å². The summed E-state index contributed by atoms with van der Waals surface area (Å²) >= 11 is 0. The number of hydrogen-bond donors (Lipinski definition) is 1. The van der Waals surface area contributed by atoms with Crippen LogP contribution in [0.15, 0.2) is 29.3 Å². The highest BCUT2D eigenvalue weighted by molar-refractivity contribution is 5.81. The minimum atomic E-state index is 0.315. The van der Waals surface area contributed by atoms with Crippen LogP contribution in [-0.2, 0) is 13.1 Å². The molecule has 1 heterocycles. The normalized spacial score (nSPS) is 15.4. The fourth-order valence-electron chi connectivity index (χ4n) is 2.20. The third kappa shape index (κ3) is 3.03. The first-order valence-corrected chi connectivity index (χ1v) is 6.72. The summed E-state index contributed by atoms with van der Waals surface area (Å²) in [6, 6.07) is 9.35. The molecule has 3 heteroatoms. The SMILES string of the molecule is CC(C)N=C(NC(C)C)N1Cc2ccccc2C1. The van der Waals surface area contributed by atoms with Gasteiger partial charge in [0.2, 0.25) is 0 Å². The lowest BCUT2D eigenvalue weighted by atomic mass is 10.1. The van der Waals surface area contributed by atoms with Crippen molar-refractivity contribution in [3.05, 3.63) is 35.4 Å². The third-order valence-corrected chi connectivity index (χ3v) is 2.94. The summed E-state index contributed by atoms with van der Waals surface area (Å²) in [6.07, 6.45) is 0. The molecule has 1 aliphatic rings. The van der Waals surface area contributed by atoms with Gasteiger partial charge in [-0.05, 0) is 38.8 Å². The molecule has 1 aromatic rings. The second-order valence-corrected chi connectivity index (χ2v) is 5.47. The molecule has 0 atom stereocenters. The van der Waals surface area contributed by atoms with Crippen LogP contribution < -0.4 is 5.32 Å². The van der Waals surface area contributed by atoms with Gasteiger partial charge in [0, 0.05) is 25.2 Å². The fourth-order valence-corrected chi connectivity index (χ4v) is 2.20. The summed E-state index contributed by atoms with van der Waals surface area (Å²) in [6.45, 7) is 10.5. The molecule has 18 heavy (non-hydrogen) atoms. The van der Waals surface area contributed by atoms with Crippen molar-refractivity contribution in [1.29, 1.82) is 0 Å². The van der Waals surface area contributed by atoms with E-state index >= 15 is 0 Å². The van der Waals surface area contributed by atoms with Crippen LogP contribution in [0.2, 0.25) is 0 Å². The monoisotopic (exact) mass is 245 g/mol. The van der Waals surface area contributed by atoms with Crippen molar-refractivity contribution < 1.29 is 0 Å². The summed E-state index contributed by atoms with van der Waals surface area (Å²) in [7, 11) is 0. The Bertz CT molecular complexity index is 410. The van der Waals surface area contributed by atoms with Gasteiger partial charge in [0.05, 0.1) is 0 Å². The van der Waals surface area contributed by atoms with Gasteiger partial charge in [-0.15, -0.1) is 0 Å². The standard InChI is InChI=1S/C15H23N3/c1-11(2)16-15(17-12(3)4)18-9-13-7-5-6-8-14(13)10-18/h5-8,11-12H,9-10H2,1-4H3,(H,16,17). The maximum absolute atomic E-state index is 4.71. The van der Waals surface area contributed by atoms with Gasteiger partial charge in [-0.25, -0.2) is 0 Å². The van der Waals surface area contributed by atoms with Crippen molar-refractivity contribution in [3.8, 4) is 0 Å². The van der Waals surface area contributed by atoms with E-state index in [0.717, 1.165) is 19.0 Å². The van der Waals surface area contributed by atoms with E-state index in [1.165, 1.54) is 11.1 Å². The average Bonchev–Trinajstić information content (AvgIpc) is 2.70. The predicted molar refractivity (Wildman–Crippen MR) is 76.5 cm³/mol. The van der Waals surface area contributed by atoms with Gasteiger partial charge in [-0.3, -0.25) is 4.99 Å². The molecule has 98 valence electrons. The average molecular weight is 245 g/mol. The van der Waals surface area contributed by atoms with E-state index in [-0.39, 0.29) is 0 Å². The molecule has 0 unspecified atom stereocenters. The van der Waals surface area contributed by atoms with Crippen LogP contribution in [0.25, 0.3) is 0 Å². The number of aliphatic imine (C=N–C) groups is 1. The molecule has 0 aliphatic carbocycles. The maximum Gasteiger partial charge on any atom is 0.194 e. The van der Waals surface area contributed by atoms with E-state index in [4.69, 9.17) is 4.99 Å². The zero-order valence-corrected chi connectivity index (χ0v) is 11.8. The van der Waals surface area contributed by atoms with E-state index in [1.807, 2.05) is 0 Å². The summed E-state index contributed by atoms with van der Waals surface area (Å²) < 4.78 is 0. The zero-order valence-electron chi connectivity index (χ0n) is 11.8. The van der Waals surface area contributed by atoms with Crippen molar-refractivity contribution >= 4 is 5.96 Å². The first kappa shape index (κ1) is 12.9. The third-order valence-electron chi connectivity index (χ3n) is 2.94. The molecule has 0 bridgehead atoms. The van der Waals surface area contributed by atoms with Crippen molar-refractivity contribution in [1.82, 2.24) is 10.2 Å². The predicted octanol–water partition coefficient (Wildman–Crippen LogP) is 2.76. The Balaban J connectivity index is 2.15. The topological polar surface area (TPSA) is 27.6 Å². The summed E-state index contributed by atoms with van der Waals surface area (Å²) in [4.78, 5) is 7.04. The summed E-state index contributed by atoms with van der Waals surface area (Å²) in [5.74, 6) is 1.02. The summed E-state index contributed by atoms with van der Waals surface area (Å²) in [5.41, 5.74) is 2.83. The van der Waals surface area contributed by atoms with Crippen LogP contribution in [0.4, 0.5) is 0 Å². The lowest BCUT2D eigenvalue weighted by Gasteiger charge is -2.24. The first-order chi connectivity index (χ1) is 8.56.